The van der Waals surface area contributed by atoms with Crippen molar-refractivity contribution in [3.05, 3.63) is 54.2 Å². The van der Waals surface area contributed by atoms with Gasteiger partial charge in [-0.25, -0.2) is 0 Å². The summed E-state index contributed by atoms with van der Waals surface area (Å²) in [5.74, 6) is 1.90. The number of ether oxygens (including phenoxy) is 2. The Morgan fingerprint density at radius 1 is 1.16 bits per heavy atom. The molecule has 2 aromatic heterocycles. The molecule has 2 aromatic carbocycles. The van der Waals surface area contributed by atoms with Crippen molar-refractivity contribution in [1.29, 1.82) is 0 Å². The van der Waals surface area contributed by atoms with Crippen LogP contribution in [0.5, 0.6) is 11.5 Å². The lowest BCUT2D eigenvalue weighted by atomic mass is 10.1. The molecular weight excluding hydrogens is 416 g/mol. The van der Waals surface area contributed by atoms with Crippen LogP contribution < -0.4 is 14.8 Å². The largest absolute Gasteiger partial charge is 0.486 e. The number of fused-ring (bicyclic) bond motifs is 2. The highest BCUT2D eigenvalue weighted by molar-refractivity contribution is 7.99. The van der Waals surface area contributed by atoms with Gasteiger partial charge in [-0.2, -0.15) is 0 Å². The average molecular weight is 436 g/mol. The number of aromatic nitrogens is 3. The summed E-state index contributed by atoms with van der Waals surface area (Å²) in [7, 11) is 0. The molecule has 0 bridgehead atoms. The Hall–Kier alpha value is -3.46. The van der Waals surface area contributed by atoms with Gasteiger partial charge in [0, 0.05) is 17.1 Å². The number of para-hydroxylation sites is 1. The summed E-state index contributed by atoms with van der Waals surface area (Å²) in [6, 6.07) is 13.4. The first kappa shape index (κ1) is 19.5. The van der Waals surface area contributed by atoms with Crippen LogP contribution in [0.4, 0.5) is 0 Å². The lowest BCUT2D eigenvalue weighted by Crippen LogP contribution is -2.28. The molecule has 0 saturated carbocycles. The second-order valence-electron chi connectivity index (χ2n) is 7.10. The average Bonchev–Trinajstić information content (AvgIpc) is 3.44. The smallest absolute Gasteiger partial charge is 0.277 e. The van der Waals surface area contributed by atoms with Gasteiger partial charge in [-0.3, -0.25) is 4.79 Å². The maximum atomic E-state index is 12.4. The van der Waals surface area contributed by atoms with Crippen LogP contribution in [0.1, 0.15) is 18.5 Å². The van der Waals surface area contributed by atoms with E-state index in [0.717, 1.165) is 27.8 Å². The van der Waals surface area contributed by atoms with E-state index in [4.69, 9.17) is 13.9 Å². The van der Waals surface area contributed by atoms with Crippen molar-refractivity contribution in [1.82, 2.24) is 20.5 Å². The molecule has 9 heteroatoms. The van der Waals surface area contributed by atoms with Crippen LogP contribution in [-0.2, 0) is 4.79 Å². The molecule has 2 N–H and O–H groups in total. The van der Waals surface area contributed by atoms with Crippen LogP contribution in [0.3, 0.4) is 0 Å². The van der Waals surface area contributed by atoms with E-state index < -0.39 is 0 Å². The van der Waals surface area contributed by atoms with Gasteiger partial charge >= 0.3 is 0 Å². The summed E-state index contributed by atoms with van der Waals surface area (Å²) in [6.07, 6.45) is 1.84. The first-order valence-electron chi connectivity index (χ1n) is 9.89. The Labute approximate surface area is 182 Å². The number of carbonyl (C=O) groups is 1. The minimum atomic E-state index is -0.173. The second kappa shape index (κ2) is 8.35. The highest BCUT2D eigenvalue weighted by Gasteiger charge is 2.17. The van der Waals surface area contributed by atoms with Crippen LogP contribution in [0.2, 0.25) is 0 Å². The molecule has 5 rings (SSSR count). The molecule has 158 valence electrons. The topological polar surface area (TPSA) is 102 Å². The molecule has 4 aromatic rings. The fraction of sp³-hybridized carbons (Fsp3) is 0.227. The number of thioether (sulfide) groups is 1. The van der Waals surface area contributed by atoms with Crippen molar-refractivity contribution in [3.8, 4) is 23.0 Å². The van der Waals surface area contributed by atoms with Crippen molar-refractivity contribution in [2.75, 3.05) is 19.0 Å². The van der Waals surface area contributed by atoms with Gasteiger partial charge in [0.15, 0.2) is 11.5 Å². The van der Waals surface area contributed by atoms with Gasteiger partial charge in [0.05, 0.1) is 17.4 Å². The zero-order chi connectivity index (χ0) is 21.2. The quantitative estimate of drug-likeness (QED) is 0.441. The van der Waals surface area contributed by atoms with Gasteiger partial charge in [0.1, 0.15) is 13.2 Å². The molecule has 0 fully saturated rings. The zero-order valence-corrected chi connectivity index (χ0v) is 17.6. The van der Waals surface area contributed by atoms with Crippen molar-refractivity contribution in [3.63, 3.8) is 0 Å². The number of H-pyrrole nitrogens is 1. The number of rotatable bonds is 6. The maximum absolute atomic E-state index is 12.4. The lowest BCUT2D eigenvalue weighted by molar-refractivity contribution is -0.119. The summed E-state index contributed by atoms with van der Waals surface area (Å²) in [5.41, 5.74) is 2.78. The maximum Gasteiger partial charge on any atom is 0.277 e. The van der Waals surface area contributed by atoms with Crippen LogP contribution in [0.25, 0.3) is 22.4 Å². The van der Waals surface area contributed by atoms with Crippen molar-refractivity contribution < 1.29 is 18.7 Å². The van der Waals surface area contributed by atoms with E-state index in [1.165, 1.54) is 11.8 Å². The van der Waals surface area contributed by atoms with Gasteiger partial charge in [-0.1, -0.05) is 36.0 Å². The third kappa shape index (κ3) is 4.09. The number of benzene rings is 2. The second-order valence-corrected chi connectivity index (χ2v) is 8.03. The number of carbonyl (C=O) groups excluding carboxylic acids is 1. The Balaban J connectivity index is 1.19. The molecule has 31 heavy (non-hydrogen) atoms. The molecule has 1 aliphatic heterocycles. The minimum absolute atomic E-state index is 0.126. The minimum Gasteiger partial charge on any atom is -0.486 e. The Morgan fingerprint density at radius 2 is 2.00 bits per heavy atom. The Bertz CT molecular complexity index is 1240. The van der Waals surface area contributed by atoms with E-state index >= 15 is 0 Å². The van der Waals surface area contributed by atoms with Crippen molar-refractivity contribution >= 4 is 28.6 Å². The number of amides is 1. The number of hydrogen-bond acceptors (Lipinski definition) is 7. The molecule has 1 atom stereocenters. The highest BCUT2D eigenvalue weighted by Crippen LogP contribution is 2.33. The molecule has 1 amide bonds. The number of nitrogens with one attached hydrogen (secondary N) is 2. The fourth-order valence-corrected chi connectivity index (χ4v) is 4.02. The third-order valence-corrected chi connectivity index (χ3v) is 5.82. The molecule has 0 saturated heterocycles. The van der Waals surface area contributed by atoms with Gasteiger partial charge in [0.25, 0.3) is 11.1 Å². The van der Waals surface area contributed by atoms with Gasteiger partial charge in [-0.15, -0.1) is 10.2 Å². The fourth-order valence-electron chi connectivity index (χ4n) is 3.45. The molecule has 8 nitrogen and oxygen atoms in total. The standard InChI is InChI=1S/C22H20N4O4S/c1-13(14-6-7-18-19(10-14)29-9-8-28-18)24-20(27)12-31-22-26-25-21(30-22)16-11-23-17-5-3-2-4-15(16)17/h2-7,10-11,13,23H,8-9,12H2,1H3,(H,24,27)/t13-/m1/s1. The predicted octanol–water partition coefficient (Wildman–Crippen LogP) is 3.96. The molecule has 0 aliphatic carbocycles. The molecule has 0 unspecified atom stereocenters. The molecular formula is C22H20N4O4S. The molecule has 3 heterocycles. The summed E-state index contributed by atoms with van der Waals surface area (Å²) in [4.78, 5) is 15.6. The number of hydrogen-bond donors (Lipinski definition) is 2. The Kier molecular flexibility index (Phi) is 5.25. The van der Waals surface area contributed by atoms with Gasteiger partial charge in [-0.05, 0) is 30.7 Å². The van der Waals surface area contributed by atoms with Crippen LogP contribution in [0, 0.1) is 0 Å². The van der Waals surface area contributed by atoms with Crippen molar-refractivity contribution in [2.24, 2.45) is 0 Å². The van der Waals surface area contributed by atoms with Crippen LogP contribution >= 0.6 is 11.8 Å². The number of aromatic amines is 1. The molecule has 0 radical (unpaired) electrons. The van der Waals surface area contributed by atoms with Crippen LogP contribution in [0.15, 0.2) is 58.3 Å². The van der Waals surface area contributed by atoms with E-state index in [0.29, 0.717) is 30.1 Å². The lowest BCUT2D eigenvalue weighted by Gasteiger charge is -2.21. The normalized spacial score (nSPS) is 13.8. The highest BCUT2D eigenvalue weighted by atomic mass is 32.2. The summed E-state index contributed by atoms with van der Waals surface area (Å²) in [6.45, 7) is 3.00. The van der Waals surface area contributed by atoms with Crippen molar-refractivity contribution in [2.45, 2.75) is 18.2 Å². The van der Waals surface area contributed by atoms with E-state index in [-0.39, 0.29) is 17.7 Å². The first-order chi connectivity index (χ1) is 15.2. The predicted molar refractivity (Wildman–Crippen MR) is 116 cm³/mol. The zero-order valence-electron chi connectivity index (χ0n) is 16.8. The van der Waals surface area contributed by atoms with Gasteiger partial charge < -0.3 is 24.2 Å². The summed E-state index contributed by atoms with van der Waals surface area (Å²) >= 11 is 1.20. The monoisotopic (exact) mass is 436 g/mol. The first-order valence-corrected chi connectivity index (χ1v) is 10.9. The number of nitrogens with zero attached hydrogens (tertiary/aromatic N) is 2. The Morgan fingerprint density at radius 3 is 2.90 bits per heavy atom. The third-order valence-electron chi connectivity index (χ3n) is 5.00. The molecule has 1 aliphatic rings. The summed E-state index contributed by atoms with van der Waals surface area (Å²) < 4.78 is 16.9. The van der Waals surface area contributed by atoms with Crippen LogP contribution in [-0.4, -0.2) is 40.1 Å². The summed E-state index contributed by atoms with van der Waals surface area (Å²) in [5, 5.41) is 12.5. The van der Waals surface area contributed by atoms with E-state index in [9.17, 15) is 4.79 Å². The molecule has 0 spiro atoms. The van der Waals surface area contributed by atoms with E-state index in [1.54, 1.807) is 0 Å². The van der Waals surface area contributed by atoms with Gasteiger partial charge in [0.2, 0.25) is 5.91 Å². The van der Waals surface area contributed by atoms with E-state index in [2.05, 4.69) is 20.5 Å². The van der Waals surface area contributed by atoms with E-state index in [1.807, 2.05) is 55.6 Å². The SMILES string of the molecule is C[C@@H](NC(=O)CSc1nnc(-c2c[nH]c3ccccc23)o1)c1ccc2c(c1)OCCO2.